The van der Waals surface area contributed by atoms with Gasteiger partial charge in [0.2, 0.25) is 11.1 Å². The van der Waals surface area contributed by atoms with Crippen LogP contribution in [0.4, 0.5) is 10.1 Å². The summed E-state index contributed by atoms with van der Waals surface area (Å²) in [6, 6.07) is 14.0. The van der Waals surface area contributed by atoms with Crippen LogP contribution in [0, 0.1) is 5.82 Å². The van der Waals surface area contributed by atoms with Crippen molar-refractivity contribution in [3.63, 3.8) is 0 Å². The molecule has 3 rings (SSSR count). The van der Waals surface area contributed by atoms with E-state index in [1.165, 1.54) is 29.5 Å². The van der Waals surface area contributed by atoms with Crippen molar-refractivity contribution >= 4 is 23.4 Å². The third kappa shape index (κ3) is 4.51. The highest BCUT2D eigenvalue weighted by atomic mass is 32.2. The molecule has 1 heterocycles. The summed E-state index contributed by atoms with van der Waals surface area (Å²) in [5.74, 6) is -0.364. The Hall–Kier alpha value is -2.74. The first-order chi connectivity index (χ1) is 13.0. The number of benzene rings is 2. The predicted octanol–water partition coefficient (Wildman–Crippen LogP) is 4.04. The predicted molar refractivity (Wildman–Crippen MR) is 104 cm³/mol. The fourth-order valence-electron chi connectivity index (χ4n) is 2.42. The standard InChI is InChI=1S/C19H20FN5OS/c1-12(2)14-8-10-15(11-9-14)25-19(22-23-24-25)27-13(3)18(26)21-17-7-5-4-6-16(17)20/h4-13H,1-3H3,(H,21,26). The summed E-state index contributed by atoms with van der Waals surface area (Å²) >= 11 is 1.21. The summed E-state index contributed by atoms with van der Waals surface area (Å²) in [5, 5.41) is 14.3. The number of halogens is 1. The Morgan fingerprint density at radius 3 is 2.48 bits per heavy atom. The number of thioether (sulfide) groups is 1. The molecule has 0 fully saturated rings. The Balaban J connectivity index is 1.72. The summed E-state index contributed by atoms with van der Waals surface area (Å²) < 4.78 is 15.3. The molecule has 0 radical (unpaired) electrons. The van der Waals surface area contributed by atoms with Crippen molar-refractivity contribution in [2.45, 2.75) is 37.1 Å². The van der Waals surface area contributed by atoms with Crippen LogP contribution in [0.1, 0.15) is 32.3 Å². The van der Waals surface area contributed by atoms with E-state index in [1.54, 1.807) is 23.7 Å². The Morgan fingerprint density at radius 2 is 1.81 bits per heavy atom. The fraction of sp³-hybridized carbons (Fsp3) is 0.263. The van der Waals surface area contributed by atoms with E-state index in [9.17, 15) is 9.18 Å². The number of anilines is 1. The maximum absolute atomic E-state index is 13.7. The normalized spacial score (nSPS) is 12.2. The van der Waals surface area contributed by atoms with Crippen molar-refractivity contribution in [3.8, 4) is 5.69 Å². The number of carbonyl (C=O) groups is 1. The third-order valence-corrected chi connectivity index (χ3v) is 5.06. The van der Waals surface area contributed by atoms with E-state index in [4.69, 9.17) is 0 Å². The largest absolute Gasteiger partial charge is 0.323 e. The highest BCUT2D eigenvalue weighted by Crippen LogP contribution is 2.25. The zero-order chi connectivity index (χ0) is 19.4. The molecule has 0 saturated carbocycles. The van der Waals surface area contributed by atoms with Gasteiger partial charge in [0.25, 0.3) is 0 Å². The van der Waals surface area contributed by atoms with Crippen LogP contribution in [0.25, 0.3) is 5.69 Å². The summed E-state index contributed by atoms with van der Waals surface area (Å²) in [5.41, 5.74) is 2.19. The van der Waals surface area contributed by atoms with Crippen molar-refractivity contribution in [1.29, 1.82) is 0 Å². The molecule has 0 spiro atoms. The number of rotatable bonds is 6. The first-order valence-electron chi connectivity index (χ1n) is 8.56. The molecule has 0 aliphatic rings. The number of hydrogen-bond donors (Lipinski definition) is 1. The van der Waals surface area contributed by atoms with Gasteiger partial charge in [-0.15, -0.1) is 5.10 Å². The van der Waals surface area contributed by atoms with Gasteiger partial charge in [-0.05, 0) is 53.1 Å². The van der Waals surface area contributed by atoms with Gasteiger partial charge in [-0.2, -0.15) is 4.68 Å². The third-order valence-electron chi connectivity index (χ3n) is 4.03. The number of carbonyl (C=O) groups excluding carboxylic acids is 1. The molecule has 1 amide bonds. The minimum atomic E-state index is -0.510. The average Bonchev–Trinajstić information content (AvgIpc) is 3.11. The zero-order valence-electron chi connectivity index (χ0n) is 15.3. The Bertz CT molecular complexity index is 926. The Morgan fingerprint density at radius 1 is 1.11 bits per heavy atom. The maximum atomic E-state index is 13.7. The molecule has 2 aromatic carbocycles. The molecule has 1 N–H and O–H groups in total. The molecule has 1 atom stereocenters. The van der Waals surface area contributed by atoms with Gasteiger partial charge in [0, 0.05) is 0 Å². The van der Waals surface area contributed by atoms with E-state index in [-0.39, 0.29) is 11.6 Å². The first kappa shape index (κ1) is 19.0. The lowest BCUT2D eigenvalue weighted by molar-refractivity contribution is -0.115. The van der Waals surface area contributed by atoms with Gasteiger partial charge in [-0.1, -0.05) is 49.9 Å². The van der Waals surface area contributed by atoms with Gasteiger partial charge in [0.05, 0.1) is 16.6 Å². The summed E-state index contributed by atoms with van der Waals surface area (Å²) in [6.07, 6.45) is 0. The summed E-state index contributed by atoms with van der Waals surface area (Å²) in [6.45, 7) is 5.98. The molecule has 27 heavy (non-hydrogen) atoms. The second-order valence-electron chi connectivity index (χ2n) is 6.35. The van der Waals surface area contributed by atoms with E-state index in [1.807, 2.05) is 24.3 Å². The fourth-order valence-corrected chi connectivity index (χ4v) is 3.23. The molecule has 6 nitrogen and oxygen atoms in total. The Labute approximate surface area is 161 Å². The number of aromatic nitrogens is 4. The van der Waals surface area contributed by atoms with Crippen LogP contribution in [0.5, 0.6) is 0 Å². The summed E-state index contributed by atoms with van der Waals surface area (Å²) in [7, 11) is 0. The minimum absolute atomic E-state index is 0.152. The van der Waals surface area contributed by atoms with Crippen LogP contribution in [0.2, 0.25) is 0 Å². The van der Waals surface area contributed by atoms with Crippen LogP contribution >= 0.6 is 11.8 Å². The summed E-state index contributed by atoms with van der Waals surface area (Å²) in [4.78, 5) is 12.4. The van der Waals surface area contributed by atoms with Crippen molar-refractivity contribution in [1.82, 2.24) is 20.2 Å². The van der Waals surface area contributed by atoms with Crippen LogP contribution in [0.15, 0.2) is 53.7 Å². The quantitative estimate of drug-likeness (QED) is 0.648. The van der Waals surface area contributed by atoms with Crippen molar-refractivity contribution < 1.29 is 9.18 Å². The van der Waals surface area contributed by atoms with Gasteiger partial charge < -0.3 is 5.32 Å². The lowest BCUT2D eigenvalue weighted by atomic mass is 10.0. The number of nitrogens with zero attached hydrogens (tertiary/aromatic N) is 4. The average molecular weight is 385 g/mol. The van der Waals surface area contributed by atoms with Crippen LogP contribution in [-0.2, 0) is 4.79 Å². The molecule has 3 aromatic rings. The van der Waals surface area contributed by atoms with E-state index in [2.05, 4.69) is 34.7 Å². The second-order valence-corrected chi connectivity index (χ2v) is 7.66. The van der Waals surface area contributed by atoms with Crippen LogP contribution in [-0.4, -0.2) is 31.4 Å². The van der Waals surface area contributed by atoms with E-state index >= 15 is 0 Å². The number of hydrogen-bond acceptors (Lipinski definition) is 5. The van der Waals surface area contributed by atoms with E-state index < -0.39 is 11.1 Å². The maximum Gasteiger partial charge on any atom is 0.237 e. The molecule has 0 aliphatic heterocycles. The van der Waals surface area contributed by atoms with Gasteiger partial charge in [0.1, 0.15) is 5.82 Å². The smallest absolute Gasteiger partial charge is 0.237 e. The number of para-hydroxylation sites is 1. The van der Waals surface area contributed by atoms with Crippen molar-refractivity contribution in [2.24, 2.45) is 0 Å². The highest BCUT2D eigenvalue weighted by Gasteiger charge is 2.20. The molecule has 140 valence electrons. The minimum Gasteiger partial charge on any atom is -0.323 e. The molecule has 1 unspecified atom stereocenters. The molecule has 0 aliphatic carbocycles. The van der Waals surface area contributed by atoms with Crippen molar-refractivity contribution in [3.05, 3.63) is 59.9 Å². The van der Waals surface area contributed by atoms with E-state index in [0.717, 1.165) is 5.69 Å². The molecular weight excluding hydrogens is 365 g/mol. The van der Waals surface area contributed by atoms with Crippen LogP contribution < -0.4 is 5.32 Å². The lowest BCUT2D eigenvalue weighted by Crippen LogP contribution is -2.23. The molecular formula is C19H20FN5OS. The van der Waals surface area contributed by atoms with Gasteiger partial charge in [-0.25, -0.2) is 4.39 Å². The Kier molecular flexibility index (Phi) is 5.85. The topological polar surface area (TPSA) is 72.7 Å². The zero-order valence-corrected chi connectivity index (χ0v) is 16.1. The van der Waals surface area contributed by atoms with E-state index in [0.29, 0.717) is 11.1 Å². The number of nitrogens with one attached hydrogen (secondary N) is 1. The van der Waals surface area contributed by atoms with Gasteiger partial charge in [0.15, 0.2) is 0 Å². The molecule has 1 aromatic heterocycles. The highest BCUT2D eigenvalue weighted by molar-refractivity contribution is 8.00. The lowest BCUT2D eigenvalue weighted by Gasteiger charge is -2.12. The molecule has 0 saturated heterocycles. The number of tetrazole rings is 1. The number of amides is 1. The first-order valence-corrected chi connectivity index (χ1v) is 9.44. The van der Waals surface area contributed by atoms with Gasteiger partial charge in [-0.3, -0.25) is 4.79 Å². The second kappa shape index (κ2) is 8.30. The SMILES string of the molecule is CC(Sc1nnnn1-c1ccc(C(C)C)cc1)C(=O)Nc1ccccc1F. The van der Waals surface area contributed by atoms with Crippen molar-refractivity contribution in [2.75, 3.05) is 5.32 Å². The monoisotopic (exact) mass is 385 g/mol. The van der Waals surface area contributed by atoms with Crippen LogP contribution in [0.3, 0.4) is 0 Å². The van der Waals surface area contributed by atoms with Gasteiger partial charge >= 0.3 is 0 Å². The molecule has 8 heteroatoms. The molecule has 0 bridgehead atoms.